The molecule has 53 heavy (non-hydrogen) atoms. The lowest BCUT2D eigenvalue weighted by Gasteiger charge is -2.76. The van der Waals surface area contributed by atoms with Crippen LogP contribution in [0, 0.1) is 17.8 Å². The first-order valence-corrected chi connectivity index (χ1v) is 18.6. The number of hydrogen-bond donors (Lipinski definition) is 0. The third-order valence-corrected chi connectivity index (χ3v) is 12.1. The van der Waals surface area contributed by atoms with Crippen LogP contribution in [0.5, 0.6) is 0 Å². The molecule has 0 aliphatic heterocycles. The van der Waals surface area contributed by atoms with E-state index in [0.717, 1.165) is 73.3 Å². The number of aromatic nitrogens is 5. The van der Waals surface area contributed by atoms with Crippen molar-refractivity contribution in [1.29, 1.82) is 0 Å². The highest BCUT2D eigenvalue weighted by Crippen LogP contribution is 2.77. The zero-order valence-electron chi connectivity index (χ0n) is 29.1. The largest absolute Gasteiger partial charge is 0.228 e. The fourth-order valence-electron chi connectivity index (χ4n) is 9.62. The van der Waals surface area contributed by atoms with E-state index in [2.05, 4.69) is 115 Å². The van der Waals surface area contributed by atoms with Gasteiger partial charge in [0.25, 0.3) is 0 Å². The van der Waals surface area contributed by atoms with Crippen LogP contribution in [0.25, 0.3) is 78.8 Å². The van der Waals surface area contributed by atoms with Crippen molar-refractivity contribution >= 4 is 10.8 Å². The molecule has 8 aromatic rings. The van der Waals surface area contributed by atoms with Gasteiger partial charge in [0.1, 0.15) is 0 Å². The van der Waals surface area contributed by atoms with Crippen LogP contribution in [0.15, 0.2) is 158 Å². The van der Waals surface area contributed by atoms with Gasteiger partial charge < -0.3 is 0 Å². The Hall–Kier alpha value is -6.33. The Morgan fingerprint density at radius 2 is 0.962 bits per heavy atom. The quantitative estimate of drug-likeness (QED) is 0.167. The molecule has 5 heteroatoms. The molecule has 3 aliphatic carbocycles. The SMILES string of the molecule is c1ccc(-c2cc(-c3cccc(C45CC6CC(C4)C65)c3)nc(-c3cccc(-c4nc(-c5ccccc5)nc(-c5cccc6ccccc56)n4)c3)n2)cc1. The fraction of sp³-hybridized carbons (Fsp3) is 0.146. The molecule has 2 unspecified atom stereocenters. The fourth-order valence-corrected chi connectivity index (χ4v) is 9.62. The second-order valence-electron chi connectivity index (χ2n) is 15.0. The summed E-state index contributed by atoms with van der Waals surface area (Å²) in [4.78, 5) is 25.6. The topological polar surface area (TPSA) is 64.5 Å². The maximum Gasteiger partial charge on any atom is 0.164 e. The van der Waals surface area contributed by atoms with E-state index in [9.17, 15) is 0 Å². The smallest absolute Gasteiger partial charge is 0.164 e. The van der Waals surface area contributed by atoms with Gasteiger partial charge in [-0.3, -0.25) is 0 Å². The molecule has 0 N–H and O–H groups in total. The van der Waals surface area contributed by atoms with E-state index in [1.54, 1.807) is 0 Å². The van der Waals surface area contributed by atoms with E-state index in [0.29, 0.717) is 28.7 Å². The average molecular weight is 682 g/mol. The molecule has 0 amide bonds. The maximum atomic E-state index is 5.26. The minimum Gasteiger partial charge on any atom is -0.228 e. The summed E-state index contributed by atoms with van der Waals surface area (Å²) >= 11 is 0. The van der Waals surface area contributed by atoms with Crippen LogP contribution >= 0.6 is 0 Å². The molecule has 0 bridgehead atoms. The Labute approximate surface area is 308 Å². The molecule has 6 aromatic carbocycles. The van der Waals surface area contributed by atoms with Crippen molar-refractivity contribution in [2.24, 2.45) is 17.8 Å². The zero-order valence-corrected chi connectivity index (χ0v) is 29.1. The molecule has 3 aliphatic rings. The van der Waals surface area contributed by atoms with Gasteiger partial charge in [0, 0.05) is 33.4 Å². The van der Waals surface area contributed by atoms with Crippen LogP contribution in [0.2, 0.25) is 0 Å². The van der Waals surface area contributed by atoms with Crippen molar-refractivity contribution in [1.82, 2.24) is 24.9 Å². The molecule has 2 atom stereocenters. The highest BCUT2D eigenvalue weighted by Gasteiger charge is 2.71. The molecule has 5 nitrogen and oxygen atoms in total. The average Bonchev–Trinajstić information content (AvgIpc) is 3.23. The van der Waals surface area contributed by atoms with Gasteiger partial charge in [-0.25, -0.2) is 24.9 Å². The molecule has 3 saturated carbocycles. The van der Waals surface area contributed by atoms with Gasteiger partial charge in [0.2, 0.25) is 0 Å². The number of hydrogen-bond acceptors (Lipinski definition) is 5. The van der Waals surface area contributed by atoms with Crippen LogP contribution in [0.3, 0.4) is 0 Å². The molecule has 3 fully saturated rings. The molecular weight excluding hydrogens is 647 g/mol. The third-order valence-electron chi connectivity index (χ3n) is 12.1. The van der Waals surface area contributed by atoms with Gasteiger partial charge in [0.05, 0.1) is 11.4 Å². The summed E-state index contributed by atoms with van der Waals surface area (Å²) in [5.41, 5.74) is 9.60. The van der Waals surface area contributed by atoms with Gasteiger partial charge in [-0.1, -0.05) is 140 Å². The zero-order chi connectivity index (χ0) is 34.9. The second-order valence-corrected chi connectivity index (χ2v) is 15.0. The summed E-state index contributed by atoms with van der Waals surface area (Å²) < 4.78 is 0. The Kier molecular flexibility index (Phi) is 6.78. The minimum atomic E-state index is 0.393. The van der Waals surface area contributed by atoms with E-state index < -0.39 is 0 Å². The van der Waals surface area contributed by atoms with Gasteiger partial charge in [-0.15, -0.1) is 0 Å². The first-order chi connectivity index (χ1) is 26.2. The monoisotopic (exact) mass is 681 g/mol. The lowest BCUT2D eigenvalue weighted by molar-refractivity contribution is -0.219. The molecule has 11 rings (SSSR count). The number of rotatable bonds is 7. The normalized spacial score (nSPS) is 20.9. The molecule has 252 valence electrons. The van der Waals surface area contributed by atoms with Crippen molar-refractivity contribution < 1.29 is 0 Å². The molecule has 2 heterocycles. The predicted molar refractivity (Wildman–Crippen MR) is 212 cm³/mol. The van der Waals surface area contributed by atoms with Crippen molar-refractivity contribution in [3.8, 4) is 68.1 Å². The molecular formula is C48H35N5. The van der Waals surface area contributed by atoms with E-state index in [1.807, 2.05) is 42.5 Å². The summed E-state index contributed by atoms with van der Waals surface area (Å²) in [5, 5.41) is 2.24. The first kappa shape index (κ1) is 30.3. The van der Waals surface area contributed by atoms with Crippen LogP contribution in [-0.4, -0.2) is 24.9 Å². The minimum absolute atomic E-state index is 0.393. The van der Waals surface area contributed by atoms with Crippen molar-refractivity contribution in [3.05, 3.63) is 163 Å². The highest BCUT2D eigenvalue weighted by atomic mass is 15.0. The molecule has 2 aromatic heterocycles. The van der Waals surface area contributed by atoms with E-state index in [4.69, 9.17) is 24.9 Å². The molecule has 0 saturated heterocycles. The highest BCUT2D eigenvalue weighted by molar-refractivity contribution is 5.95. The van der Waals surface area contributed by atoms with Gasteiger partial charge in [-0.2, -0.15) is 0 Å². The standard InChI is InChI=1S/C48H35N5/c1-3-13-31(14-4-1)41-27-42(33-18-10-21-38(26-33)48-28-36-25-37(29-48)43(36)48)50-45(49-41)34-19-9-20-35(24-34)46-51-44(32-15-5-2-6-16-32)52-47(53-46)40-23-11-17-30-12-7-8-22-39(30)40/h1-24,26-27,36-37,43H,25,28-29H2. The van der Waals surface area contributed by atoms with Crippen molar-refractivity contribution in [2.45, 2.75) is 24.7 Å². The van der Waals surface area contributed by atoms with Gasteiger partial charge in [-0.05, 0) is 77.0 Å². The second kappa shape index (κ2) is 11.9. The van der Waals surface area contributed by atoms with Crippen LogP contribution in [0.1, 0.15) is 24.8 Å². The van der Waals surface area contributed by atoms with Crippen LogP contribution in [0.4, 0.5) is 0 Å². The lowest BCUT2D eigenvalue weighted by Crippen LogP contribution is -2.71. The molecule has 0 spiro atoms. The maximum absolute atomic E-state index is 5.26. The van der Waals surface area contributed by atoms with E-state index in [-0.39, 0.29) is 0 Å². The Balaban J connectivity index is 1.04. The Bertz CT molecular complexity index is 2670. The number of fused-ring (bicyclic) bond motifs is 1. The Morgan fingerprint density at radius 3 is 1.70 bits per heavy atom. The number of nitrogens with zero attached hydrogens (tertiary/aromatic N) is 5. The third kappa shape index (κ3) is 4.95. The summed E-state index contributed by atoms with van der Waals surface area (Å²) in [6.07, 6.45) is 4.14. The van der Waals surface area contributed by atoms with Crippen molar-refractivity contribution in [2.75, 3.05) is 0 Å². The summed E-state index contributed by atoms with van der Waals surface area (Å²) in [5.74, 6) is 5.35. The van der Waals surface area contributed by atoms with E-state index in [1.165, 1.54) is 24.8 Å². The lowest BCUT2D eigenvalue weighted by atomic mass is 9.28. The van der Waals surface area contributed by atoms with Gasteiger partial charge >= 0.3 is 0 Å². The van der Waals surface area contributed by atoms with Gasteiger partial charge in [0.15, 0.2) is 23.3 Å². The summed E-state index contributed by atoms with van der Waals surface area (Å²) in [6, 6.07) is 54.8. The van der Waals surface area contributed by atoms with E-state index >= 15 is 0 Å². The predicted octanol–water partition coefficient (Wildman–Crippen LogP) is 11.1. The first-order valence-electron chi connectivity index (χ1n) is 18.6. The van der Waals surface area contributed by atoms with Crippen molar-refractivity contribution in [3.63, 3.8) is 0 Å². The molecule has 0 radical (unpaired) electrons. The van der Waals surface area contributed by atoms with Crippen LogP contribution < -0.4 is 0 Å². The van der Waals surface area contributed by atoms with Crippen LogP contribution in [-0.2, 0) is 5.41 Å². The summed E-state index contributed by atoms with van der Waals surface area (Å²) in [7, 11) is 0. The Morgan fingerprint density at radius 1 is 0.415 bits per heavy atom. The summed E-state index contributed by atoms with van der Waals surface area (Å²) in [6.45, 7) is 0. The number of benzene rings is 6.